The fraction of sp³-hybridized carbons (Fsp3) is 0.111. The molecule has 4 nitrogen and oxygen atoms in total. The lowest BCUT2D eigenvalue weighted by molar-refractivity contribution is 0.948. The van der Waals surface area contributed by atoms with E-state index in [1.165, 1.54) is 0 Å². The average molecular weight is 253 g/mol. The highest BCUT2D eigenvalue weighted by atomic mass is 79.9. The van der Waals surface area contributed by atoms with Crippen LogP contribution in [0.3, 0.4) is 0 Å². The van der Waals surface area contributed by atoms with E-state index in [1.54, 1.807) is 12.4 Å². The van der Waals surface area contributed by atoms with Crippen molar-refractivity contribution in [2.24, 2.45) is 5.73 Å². The number of nitrogens with two attached hydrogens (primary N) is 1. The lowest BCUT2D eigenvalue weighted by Gasteiger charge is -1.97. The first kappa shape index (κ1) is 9.36. The standard InChI is InChI=1S/C9H9BrN4/c10-8-5-12-2-1-7(8)9-3-6(4-11)13-14-9/h1-3,5H,4,11H2,(H,13,14). The van der Waals surface area contributed by atoms with Crippen molar-refractivity contribution >= 4 is 15.9 Å². The smallest absolute Gasteiger partial charge is 0.0936 e. The molecule has 14 heavy (non-hydrogen) atoms. The molecule has 0 bridgehead atoms. The molecule has 0 saturated heterocycles. The fourth-order valence-corrected chi connectivity index (χ4v) is 1.64. The molecule has 0 radical (unpaired) electrons. The van der Waals surface area contributed by atoms with Crippen LogP contribution in [0.4, 0.5) is 0 Å². The average Bonchev–Trinajstić information content (AvgIpc) is 2.67. The topological polar surface area (TPSA) is 67.6 Å². The molecule has 0 unspecified atom stereocenters. The maximum Gasteiger partial charge on any atom is 0.0936 e. The van der Waals surface area contributed by atoms with Gasteiger partial charge < -0.3 is 5.73 Å². The SMILES string of the molecule is NCc1cc(-c2ccncc2Br)n[nH]1. The van der Waals surface area contributed by atoms with Crippen LogP contribution in [0.25, 0.3) is 11.3 Å². The molecule has 0 aromatic carbocycles. The van der Waals surface area contributed by atoms with Crippen LogP contribution in [0.1, 0.15) is 5.69 Å². The molecule has 0 amide bonds. The number of nitrogens with zero attached hydrogens (tertiary/aromatic N) is 2. The van der Waals surface area contributed by atoms with Crippen molar-refractivity contribution in [3.63, 3.8) is 0 Å². The van der Waals surface area contributed by atoms with Gasteiger partial charge in [-0.1, -0.05) is 0 Å². The number of hydrogen-bond acceptors (Lipinski definition) is 3. The van der Waals surface area contributed by atoms with Crippen molar-refractivity contribution in [3.05, 3.63) is 34.7 Å². The van der Waals surface area contributed by atoms with Gasteiger partial charge in [-0.05, 0) is 28.1 Å². The van der Waals surface area contributed by atoms with Gasteiger partial charge in [0.15, 0.2) is 0 Å². The van der Waals surface area contributed by atoms with Gasteiger partial charge in [0.25, 0.3) is 0 Å². The summed E-state index contributed by atoms with van der Waals surface area (Å²) in [6.07, 6.45) is 3.48. The molecular weight excluding hydrogens is 244 g/mol. The van der Waals surface area contributed by atoms with Gasteiger partial charge in [0.2, 0.25) is 0 Å². The summed E-state index contributed by atoms with van der Waals surface area (Å²) in [6.45, 7) is 0.468. The first-order valence-electron chi connectivity index (χ1n) is 4.15. The first-order valence-corrected chi connectivity index (χ1v) is 4.95. The number of aromatic amines is 1. The number of halogens is 1. The fourth-order valence-electron chi connectivity index (χ4n) is 1.19. The van der Waals surface area contributed by atoms with Gasteiger partial charge in [-0.2, -0.15) is 5.10 Å². The molecule has 72 valence electrons. The van der Waals surface area contributed by atoms with E-state index >= 15 is 0 Å². The monoisotopic (exact) mass is 252 g/mol. The zero-order valence-corrected chi connectivity index (χ0v) is 8.95. The van der Waals surface area contributed by atoms with Gasteiger partial charge in [-0.15, -0.1) is 0 Å². The molecular formula is C9H9BrN4. The molecule has 2 aromatic heterocycles. The Labute approximate surface area is 89.7 Å². The van der Waals surface area contributed by atoms with E-state index in [1.807, 2.05) is 12.1 Å². The van der Waals surface area contributed by atoms with Gasteiger partial charge in [-0.3, -0.25) is 10.1 Å². The van der Waals surface area contributed by atoms with Crippen LogP contribution in [-0.4, -0.2) is 15.2 Å². The van der Waals surface area contributed by atoms with Crippen LogP contribution < -0.4 is 5.73 Å². The number of pyridine rings is 1. The van der Waals surface area contributed by atoms with Gasteiger partial charge in [0, 0.05) is 34.7 Å². The van der Waals surface area contributed by atoms with Gasteiger partial charge in [0.1, 0.15) is 0 Å². The van der Waals surface area contributed by atoms with E-state index in [9.17, 15) is 0 Å². The van der Waals surface area contributed by atoms with Crippen LogP contribution >= 0.6 is 15.9 Å². The summed E-state index contributed by atoms with van der Waals surface area (Å²) in [6, 6.07) is 3.83. The van der Waals surface area contributed by atoms with E-state index in [-0.39, 0.29) is 0 Å². The Kier molecular flexibility index (Phi) is 2.60. The molecule has 0 aliphatic rings. The third-order valence-electron chi connectivity index (χ3n) is 1.90. The van der Waals surface area contributed by atoms with Gasteiger partial charge >= 0.3 is 0 Å². The molecule has 0 atom stereocenters. The molecule has 3 N–H and O–H groups in total. The number of rotatable bonds is 2. The summed E-state index contributed by atoms with van der Waals surface area (Å²) < 4.78 is 0.926. The van der Waals surface area contributed by atoms with Crippen molar-refractivity contribution in [1.82, 2.24) is 15.2 Å². The highest BCUT2D eigenvalue weighted by Gasteiger charge is 2.06. The highest BCUT2D eigenvalue weighted by molar-refractivity contribution is 9.10. The Morgan fingerprint density at radius 3 is 3.00 bits per heavy atom. The Hall–Kier alpha value is -1.20. The normalized spacial score (nSPS) is 10.4. The molecule has 0 spiro atoms. The lowest BCUT2D eigenvalue weighted by Crippen LogP contribution is -1.95. The molecule has 0 aliphatic heterocycles. The lowest BCUT2D eigenvalue weighted by atomic mass is 10.2. The number of H-pyrrole nitrogens is 1. The van der Waals surface area contributed by atoms with Crippen LogP contribution in [0.15, 0.2) is 29.0 Å². The van der Waals surface area contributed by atoms with Crippen molar-refractivity contribution in [1.29, 1.82) is 0 Å². The molecule has 0 fully saturated rings. The van der Waals surface area contributed by atoms with E-state index in [0.29, 0.717) is 6.54 Å². The Balaban J connectivity index is 2.44. The zero-order valence-electron chi connectivity index (χ0n) is 7.37. The number of aromatic nitrogens is 3. The number of hydrogen-bond donors (Lipinski definition) is 2. The minimum Gasteiger partial charge on any atom is -0.325 e. The van der Waals surface area contributed by atoms with Crippen molar-refractivity contribution in [3.8, 4) is 11.3 Å². The molecule has 0 aliphatic carbocycles. The van der Waals surface area contributed by atoms with Crippen molar-refractivity contribution < 1.29 is 0 Å². The minimum absolute atomic E-state index is 0.468. The minimum atomic E-state index is 0.468. The van der Waals surface area contributed by atoms with Crippen LogP contribution in [0.2, 0.25) is 0 Å². The van der Waals surface area contributed by atoms with Gasteiger partial charge in [-0.25, -0.2) is 0 Å². The maximum atomic E-state index is 5.48. The Bertz CT molecular complexity index is 438. The summed E-state index contributed by atoms with van der Waals surface area (Å²) in [7, 11) is 0. The first-order chi connectivity index (χ1) is 6.81. The van der Waals surface area contributed by atoms with E-state index in [0.717, 1.165) is 21.4 Å². The zero-order chi connectivity index (χ0) is 9.97. The summed E-state index contributed by atoms with van der Waals surface area (Å²) in [5, 5.41) is 7.02. The number of nitrogens with one attached hydrogen (secondary N) is 1. The predicted octanol–water partition coefficient (Wildman–Crippen LogP) is 1.69. The quantitative estimate of drug-likeness (QED) is 0.855. The summed E-state index contributed by atoms with van der Waals surface area (Å²) in [5.41, 5.74) is 8.29. The van der Waals surface area contributed by atoms with Crippen LogP contribution in [0, 0.1) is 0 Å². The third-order valence-corrected chi connectivity index (χ3v) is 2.53. The Morgan fingerprint density at radius 2 is 2.36 bits per heavy atom. The predicted molar refractivity (Wildman–Crippen MR) is 57.4 cm³/mol. The maximum absolute atomic E-state index is 5.48. The second-order valence-corrected chi connectivity index (χ2v) is 3.69. The molecule has 5 heteroatoms. The third kappa shape index (κ3) is 1.69. The summed E-state index contributed by atoms with van der Waals surface area (Å²) in [4.78, 5) is 3.99. The summed E-state index contributed by atoms with van der Waals surface area (Å²) >= 11 is 3.42. The van der Waals surface area contributed by atoms with E-state index in [4.69, 9.17) is 5.73 Å². The largest absolute Gasteiger partial charge is 0.325 e. The second kappa shape index (κ2) is 3.89. The Morgan fingerprint density at radius 1 is 1.50 bits per heavy atom. The van der Waals surface area contributed by atoms with Crippen molar-refractivity contribution in [2.45, 2.75) is 6.54 Å². The molecule has 2 heterocycles. The molecule has 2 rings (SSSR count). The summed E-state index contributed by atoms with van der Waals surface area (Å²) in [5.74, 6) is 0. The molecule has 2 aromatic rings. The van der Waals surface area contributed by atoms with Crippen LogP contribution in [-0.2, 0) is 6.54 Å². The van der Waals surface area contributed by atoms with Crippen molar-refractivity contribution in [2.75, 3.05) is 0 Å². The van der Waals surface area contributed by atoms with E-state index in [2.05, 4.69) is 31.1 Å². The van der Waals surface area contributed by atoms with Crippen LogP contribution in [0.5, 0.6) is 0 Å². The second-order valence-electron chi connectivity index (χ2n) is 2.84. The highest BCUT2D eigenvalue weighted by Crippen LogP contribution is 2.25. The van der Waals surface area contributed by atoms with Gasteiger partial charge in [0.05, 0.1) is 5.69 Å². The molecule has 0 saturated carbocycles. The van der Waals surface area contributed by atoms with E-state index < -0.39 is 0 Å².